The van der Waals surface area contributed by atoms with Gasteiger partial charge in [0.15, 0.2) is 11.5 Å². The Morgan fingerprint density at radius 2 is 0.719 bits per heavy atom. The number of rotatable bonds is 10. The molecule has 0 radical (unpaired) electrons. The molecule has 0 aliphatic heterocycles. The van der Waals surface area contributed by atoms with Gasteiger partial charge in [0, 0.05) is 59.9 Å². The van der Waals surface area contributed by atoms with Crippen LogP contribution >= 0.6 is 0 Å². The number of methoxy groups -OCH3 is 6. The van der Waals surface area contributed by atoms with Gasteiger partial charge in [-0.15, -0.1) is 0 Å². The summed E-state index contributed by atoms with van der Waals surface area (Å²) in [4.78, 5) is 0. The molecule has 0 amide bonds. The van der Waals surface area contributed by atoms with Crippen LogP contribution in [0.5, 0.6) is 34.5 Å². The van der Waals surface area contributed by atoms with Crippen LogP contribution in [-0.2, 0) is 0 Å². The van der Waals surface area contributed by atoms with Crippen molar-refractivity contribution in [2.75, 3.05) is 53.3 Å². The topological polar surface area (TPSA) is 79.4 Å². The van der Waals surface area contributed by atoms with Gasteiger partial charge in [-0.25, -0.2) is 0 Å². The van der Waals surface area contributed by atoms with Crippen molar-refractivity contribution in [2.24, 2.45) is 0 Å². The number of anilines is 4. The van der Waals surface area contributed by atoms with Crippen molar-refractivity contribution in [2.45, 2.75) is 0 Å². The Bertz CT molecular complexity index is 942. The Morgan fingerprint density at radius 1 is 0.406 bits per heavy atom. The van der Waals surface area contributed by atoms with Gasteiger partial charge in [-0.05, 0) is 0 Å². The van der Waals surface area contributed by atoms with Gasteiger partial charge in [-0.1, -0.05) is 0 Å². The van der Waals surface area contributed by atoms with Crippen LogP contribution in [0.3, 0.4) is 0 Å². The van der Waals surface area contributed by atoms with E-state index < -0.39 is 0 Å². The molecule has 3 rings (SSSR count). The van der Waals surface area contributed by atoms with E-state index in [1.807, 2.05) is 48.5 Å². The van der Waals surface area contributed by atoms with Gasteiger partial charge < -0.3 is 39.1 Å². The zero-order valence-corrected chi connectivity index (χ0v) is 19.1. The Balaban J connectivity index is 2.06. The van der Waals surface area contributed by atoms with Crippen LogP contribution in [0, 0.1) is 0 Å². The van der Waals surface area contributed by atoms with Gasteiger partial charge in [0.25, 0.3) is 0 Å². The third-order valence-corrected chi connectivity index (χ3v) is 4.78. The summed E-state index contributed by atoms with van der Waals surface area (Å²) >= 11 is 0. The second-order valence-electron chi connectivity index (χ2n) is 6.71. The number of nitrogens with one attached hydrogen (secondary N) is 2. The number of ether oxygens (including phenoxy) is 6. The van der Waals surface area contributed by atoms with Crippen molar-refractivity contribution in [3.8, 4) is 34.5 Å². The van der Waals surface area contributed by atoms with Crippen LogP contribution in [0.1, 0.15) is 0 Å². The molecule has 0 bridgehead atoms. The van der Waals surface area contributed by atoms with Crippen molar-refractivity contribution >= 4 is 22.7 Å². The van der Waals surface area contributed by atoms with Crippen molar-refractivity contribution in [1.29, 1.82) is 0 Å². The van der Waals surface area contributed by atoms with Gasteiger partial charge in [0.1, 0.15) is 23.0 Å². The maximum absolute atomic E-state index is 5.50. The lowest BCUT2D eigenvalue weighted by molar-refractivity contribution is 0.355. The minimum Gasteiger partial charge on any atom is -0.497 e. The molecule has 2 N–H and O–H groups in total. The van der Waals surface area contributed by atoms with Crippen molar-refractivity contribution in [3.63, 3.8) is 0 Å². The summed E-state index contributed by atoms with van der Waals surface area (Å²) in [6.45, 7) is 0. The van der Waals surface area contributed by atoms with Crippen molar-refractivity contribution < 1.29 is 28.4 Å². The first-order chi connectivity index (χ1) is 15.5. The lowest BCUT2D eigenvalue weighted by Crippen LogP contribution is -2.01. The fourth-order valence-corrected chi connectivity index (χ4v) is 3.16. The fourth-order valence-electron chi connectivity index (χ4n) is 3.16. The molecule has 0 aliphatic rings. The lowest BCUT2D eigenvalue weighted by Gasteiger charge is -2.19. The third-order valence-electron chi connectivity index (χ3n) is 4.78. The Labute approximate surface area is 188 Å². The van der Waals surface area contributed by atoms with E-state index in [9.17, 15) is 0 Å². The predicted molar refractivity (Wildman–Crippen MR) is 125 cm³/mol. The smallest absolute Gasteiger partial charge is 0.162 e. The average molecular weight is 440 g/mol. The molecule has 0 atom stereocenters. The fraction of sp³-hybridized carbons (Fsp3) is 0.250. The molecule has 0 aliphatic carbocycles. The molecule has 0 heterocycles. The molecule has 0 aromatic heterocycles. The molecule has 170 valence electrons. The van der Waals surface area contributed by atoms with Crippen molar-refractivity contribution in [1.82, 2.24) is 0 Å². The van der Waals surface area contributed by atoms with E-state index in [1.165, 1.54) is 0 Å². The standard InChI is InChI=1S/C24H28N2O6/c1-27-17-7-15(8-18(11-17)28-2)25-21-13-23(31-5)24(32-6)14-22(21)26-16-9-19(29-3)12-20(10-16)30-4/h7-14,25-26H,1-6H3. The lowest BCUT2D eigenvalue weighted by atomic mass is 10.2. The molecule has 0 unspecified atom stereocenters. The third kappa shape index (κ3) is 5.21. The summed E-state index contributed by atoms with van der Waals surface area (Å²) in [5.41, 5.74) is 3.05. The molecule has 8 nitrogen and oxygen atoms in total. The molecule has 8 heteroatoms. The van der Waals surface area contributed by atoms with Crippen LogP contribution in [0.2, 0.25) is 0 Å². The summed E-state index contributed by atoms with van der Waals surface area (Å²) < 4.78 is 32.5. The normalized spacial score (nSPS) is 10.2. The van der Waals surface area contributed by atoms with Gasteiger partial charge >= 0.3 is 0 Å². The Morgan fingerprint density at radius 3 is 0.969 bits per heavy atom. The molecular formula is C24H28N2O6. The Kier molecular flexibility index (Phi) is 7.38. The van der Waals surface area contributed by atoms with E-state index in [1.54, 1.807) is 42.7 Å². The van der Waals surface area contributed by atoms with E-state index in [2.05, 4.69) is 10.6 Å². The summed E-state index contributed by atoms with van der Waals surface area (Å²) in [6.07, 6.45) is 0. The first kappa shape index (κ1) is 22.7. The SMILES string of the molecule is COc1cc(Nc2cc(OC)c(OC)cc2Nc2cc(OC)cc(OC)c2)cc(OC)c1. The number of hydrogen-bond donors (Lipinski definition) is 2. The first-order valence-electron chi connectivity index (χ1n) is 9.79. The monoisotopic (exact) mass is 440 g/mol. The highest BCUT2D eigenvalue weighted by atomic mass is 16.5. The van der Waals surface area contributed by atoms with Crippen LogP contribution in [0.4, 0.5) is 22.7 Å². The zero-order valence-electron chi connectivity index (χ0n) is 19.1. The summed E-state index contributed by atoms with van der Waals surface area (Å²) in [6, 6.07) is 14.8. The van der Waals surface area contributed by atoms with E-state index >= 15 is 0 Å². The Hall–Kier alpha value is -3.94. The average Bonchev–Trinajstić information content (AvgIpc) is 2.83. The highest BCUT2D eigenvalue weighted by molar-refractivity contribution is 5.82. The van der Waals surface area contributed by atoms with Crippen molar-refractivity contribution in [3.05, 3.63) is 48.5 Å². The van der Waals surface area contributed by atoms with Crippen LogP contribution in [-0.4, -0.2) is 42.7 Å². The number of hydrogen-bond acceptors (Lipinski definition) is 8. The summed E-state index contributed by atoms with van der Waals surface area (Å²) in [5.74, 6) is 3.83. The second kappa shape index (κ2) is 10.4. The van der Waals surface area contributed by atoms with E-state index in [0.29, 0.717) is 34.5 Å². The highest BCUT2D eigenvalue weighted by Gasteiger charge is 2.14. The molecule has 0 fully saturated rings. The highest BCUT2D eigenvalue weighted by Crippen LogP contribution is 2.41. The van der Waals surface area contributed by atoms with Gasteiger partial charge in [-0.2, -0.15) is 0 Å². The largest absolute Gasteiger partial charge is 0.497 e. The molecule has 0 spiro atoms. The first-order valence-corrected chi connectivity index (χ1v) is 9.79. The summed E-state index contributed by atoms with van der Waals surface area (Å²) in [7, 11) is 9.62. The minimum atomic E-state index is 0.582. The van der Waals surface area contributed by atoms with Gasteiger partial charge in [0.05, 0.1) is 54.0 Å². The van der Waals surface area contributed by atoms with E-state index in [0.717, 1.165) is 22.7 Å². The van der Waals surface area contributed by atoms with E-state index in [4.69, 9.17) is 28.4 Å². The molecule has 3 aromatic carbocycles. The summed E-state index contributed by atoms with van der Waals surface area (Å²) in [5, 5.41) is 6.81. The van der Waals surface area contributed by atoms with Crippen LogP contribution in [0.25, 0.3) is 0 Å². The maximum atomic E-state index is 5.50. The molecular weight excluding hydrogens is 412 g/mol. The molecule has 3 aromatic rings. The minimum absolute atomic E-state index is 0.582. The number of benzene rings is 3. The van der Waals surface area contributed by atoms with Gasteiger partial charge in [0.2, 0.25) is 0 Å². The quantitative estimate of drug-likeness (QED) is 0.444. The molecule has 0 saturated carbocycles. The van der Waals surface area contributed by atoms with Gasteiger partial charge in [-0.3, -0.25) is 0 Å². The van der Waals surface area contributed by atoms with E-state index in [-0.39, 0.29) is 0 Å². The zero-order chi connectivity index (χ0) is 23.1. The molecule has 32 heavy (non-hydrogen) atoms. The second-order valence-corrected chi connectivity index (χ2v) is 6.71. The maximum Gasteiger partial charge on any atom is 0.162 e. The van der Waals surface area contributed by atoms with Crippen LogP contribution < -0.4 is 39.1 Å². The predicted octanol–water partition coefficient (Wildman–Crippen LogP) is 5.23. The molecule has 0 saturated heterocycles. The van der Waals surface area contributed by atoms with Crippen LogP contribution in [0.15, 0.2) is 48.5 Å².